The van der Waals surface area contributed by atoms with Crippen molar-refractivity contribution in [2.24, 2.45) is 0 Å². The van der Waals surface area contributed by atoms with Crippen LogP contribution in [0.2, 0.25) is 0 Å². The van der Waals surface area contributed by atoms with Gasteiger partial charge < -0.3 is 14.4 Å². The van der Waals surface area contributed by atoms with E-state index >= 15 is 0 Å². The van der Waals surface area contributed by atoms with Gasteiger partial charge in [0.2, 0.25) is 5.95 Å². The highest BCUT2D eigenvalue weighted by atomic mass is 16.6. The highest BCUT2D eigenvalue weighted by Gasteiger charge is 2.44. The number of hydrogen-bond acceptors (Lipinski definition) is 6. The molecule has 0 unspecified atom stereocenters. The maximum atomic E-state index is 6.20. The lowest BCUT2D eigenvalue weighted by Gasteiger charge is -2.39. The Morgan fingerprint density at radius 1 is 1.25 bits per heavy atom. The second kappa shape index (κ2) is 6.83. The average molecular weight is 326 g/mol. The van der Waals surface area contributed by atoms with E-state index in [0.717, 1.165) is 43.9 Å². The van der Waals surface area contributed by atoms with E-state index in [4.69, 9.17) is 9.47 Å². The zero-order valence-electron chi connectivity index (χ0n) is 13.7. The number of piperidine rings is 1. The second-order valence-corrected chi connectivity index (χ2v) is 6.57. The van der Waals surface area contributed by atoms with Crippen LogP contribution in [0.1, 0.15) is 24.8 Å². The lowest BCUT2D eigenvalue weighted by molar-refractivity contribution is -0.0138. The van der Waals surface area contributed by atoms with Crippen LogP contribution in [0.25, 0.3) is 0 Å². The van der Waals surface area contributed by atoms with Crippen LogP contribution in [0.15, 0.2) is 43.0 Å². The second-order valence-electron chi connectivity index (χ2n) is 6.57. The molecule has 4 heterocycles. The number of ether oxygens (including phenoxy) is 2. The third kappa shape index (κ3) is 3.39. The van der Waals surface area contributed by atoms with Gasteiger partial charge in [-0.3, -0.25) is 4.98 Å². The Morgan fingerprint density at radius 2 is 2.17 bits per heavy atom. The van der Waals surface area contributed by atoms with Gasteiger partial charge in [0.1, 0.15) is 0 Å². The summed E-state index contributed by atoms with van der Waals surface area (Å²) in [4.78, 5) is 15.1. The Labute approximate surface area is 141 Å². The lowest BCUT2D eigenvalue weighted by atomic mass is 9.89. The summed E-state index contributed by atoms with van der Waals surface area (Å²) in [5, 5.41) is 0. The quantitative estimate of drug-likeness (QED) is 0.858. The fraction of sp³-hybridized carbons (Fsp3) is 0.500. The predicted octanol–water partition coefficient (Wildman–Crippen LogP) is 2.22. The van der Waals surface area contributed by atoms with Crippen molar-refractivity contribution in [3.63, 3.8) is 0 Å². The van der Waals surface area contributed by atoms with E-state index < -0.39 is 0 Å². The summed E-state index contributed by atoms with van der Waals surface area (Å²) in [6.45, 7) is 3.06. The molecule has 4 rings (SSSR count). The van der Waals surface area contributed by atoms with Crippen molar-refractivity contribution in [1.82, 2.24) is 15.0 Å². The van der Waals surface area contributed by atoms with E-state index in [2.05, 4.69) is 19.9 Å². The summed E-state index contributed by atoms with van der Waals surface area (Å²) in [6, 6.07) is 5.81. The molecule has 2 aliphatic heterocycles. The molecule has 2 saturated heterocycles. The van der Waals surface area contributed by atoms with Crippen LogP contribution in [0.5, 0.6) is 0 Å². The maximum absolute atomic E-state index is 6.20. The molecule has 126 valence electrons. The van der Waals surface area contributed by atoms with E-state index in [0.29, 0.717) is 13.2 Å². The van der Waals surface area contributed by atoms with E-state index in [1.54, 1.807) is 18.6 Å². The van der Waals surface area contributed by atoms with Crippen LogP contribution in [0.3, 0.4) is 0 Å². The first-order valence-corrected chi connectivity index (χ1v) is 8.49. The minimum Gasteiger partial charge on any atom is -0.371 e. The Bertz CT molecular complexity index is 655. The highest BCUT2D eigenvalue weighted by Crippen LogP contribution is 2.36. The molecule has 0 radical (unpaired) electrons. The fourth-order valence-corrected chi connectivity index (χ4v) is 3.61. The van der Waals surface area contributed by atoms with Crippen molar-refractivity contribution in [3.8, 4) is 0 Å². The molecular formula is C18H22N4O2. The molecular weight excluding hydrogens is 304 g/mol. The first-order valence-electron chi connectivity index (χ1n) is 8.49. The molecule has 2 aromatic heterocycles. The van der Waals surface area contributed by atoms with Crippen molar-refractivity contribution in [2.45, 2.75) is 37.6 Å². The SMILES string of the molecule is c1cnc(N2CCC[C@]3(C[C@@H](OCc4cccnc4)CO3)C2)nc1. The molecule has 6 nitrogen and oxygen atoms in total. The van der Waals surface area contributed by atoms with Crippen LogP contribution in [0, 0.1) is 0 Å². The van der Waals surface area contributed by atoms with Gasteiger partial charge in [0, 0.05) is 44.3 Å². The molecule has 0 saturated carbocycles. The third-order valence-corrected chi connectivity index (χ3v) is 4.76. The van der Waals surface area contributed by atoms with Crippen LogP contribution in [0.4, 0.5) is 5.95 Å². The number of pyridine rings is 1. The molecule has 2 aliphatic rings. The van der Waals surface area contributed by atoms with Crippen LogP contribution in [-0.4, -0.2) is 46.4 Å². The molecule has 24 heavy (non-hydrogen) atoms. The molecule has 0 amide bonds. The van der Waals surface area contributed by atoms with Crippen molar-refractivity contribution < 1.29 is 9.47 Å². The highest BCUT2D eigenvalue weighted by molar-refractivity contribution is 5.31. The summed E-state index contributed by atoms with van der Waals surface area (Å²) in [6.07, 6.45) is 10.4. The number of aromatic nitrogens is 3. The summed E-state index contributed by atoms with van der Waals surface area (Å²) in [5.41, 5.74) is 0.971. The molecule has 6 heteroatoms. The Morgan fingerprint density at radius 3 is 3.00 bits per heavy atom. The van der Waals surface area contributed by atoms with Gasteiger partial charge in [-0.05, 0) is 30.5 Å². The first-order chi connectivity index (χ1) is 11.8. The normalized spacial score (nSPS) is 26.8. The molecule has 0 bridgehead atoms. The zero-order valence-corrected chi connectivity index (χ0v) is 13.7. The Kier molecular flexibility index (Phi) is 4.40. The summed E-state index contributed by atoms with van der Waals surface area (Å²) in [7, 11) is 0. The topological polar surface area (TPSA) is 60.4 Å². The molecule has 2 atom stereocenters. The molecule has 0 aliphatic carbocycles. The van der Waals surface area contributed by atoms with Gasteiger partial charge in [0.15, 0.2) is 0 Å². The largest absolute Gasteiger partial charge is 0.371 e. The van der Waals surface area contributed by atoms with Gasteiger partial charge in [0.05, 0.1) is 24.9 Å². The van der Waals surface area contributed by atoms with Crippen molar-refractivity contribution in [1.29, 1.82) is 0 Å². The fourth-order valence-electron chi connectivity index (χ4n) is 3.61. The summed E-state index contributed by atoms with van der Waals surface area (Å²) < 4.78 is 12.2. The zero-order chi connectivity index (χ0) is 16.2. The molecule has 1 spiro atoms. The van der Waals surface area contributed by atoms with Crippen LogP contribution < -0.4 is 4.90 Å². The van der Waals surface area contributed by atoms with E-state index in [1.807, 2.05) is 24.4 Å². The lowest BCUT2D eigenvalue weighted by Crippen LogP contribution is -2.48. The van der Waals surface area contributed by atoms with E-state index in [9.17, 15) is 0 Å². The van der Waals surface area contributed by atoms with E-state index in [-0.39, 0.29) is 11.7 Å². The van der Waals surface area contributed by atoms with E-state index in [1.165, 1.54) is 0 Å². The molecule has 0 N–H and O–H groups in total. The molecule has 0 aromatic carbocycles. The van der Waals surface area contributed by atoms with Crippen LogP contribution in [-0.2, 0) is 16.1 Å². The molecule has 2 aromatic rings. The first kappa shape index (κ1) is 15.5. The van der Waals surface area contributed by atoms with Crippen molar-refractivity contribution >= 4 is 5.95 Å². The van der Waals surface area contributed by atoms with Gasteiger partial charge >= 0.3 is 0 Å². The summed E-state index contributed by atoms with van der Waals surface area (Å²) >= 11 is 0. The Balaban J connectivity index is 1.36. The Hall–Kier alpha value is -2.05. The van der Waals surface area contributed by atoms with Gasteiger partial charge in [-0.25, -0.2) is 9.97 Å². The van der Waals surface area contributed by atoms with Gasteiger partial charge in [0.25, 0.3) is 0 Å². The maximum Gasteiger partial charge on any atom is 0.225 e. The van der Waals surface area contributed by atoms with Crippen molar-refractivity contribution in [2.75, 3.05) is 24.6 Å². The number of hydrogen-bond donors (Lipinski definition) is 0. The van der Waals surface area contributed by atoms with Gasteiger partial charge in [-0.15, -0.1) is 0 Å². The van der Waals surface area contributed by atoms with Crippen molar-refractivity contribution in [3.05, 3.63) is 48.5 Å². The smallest absolute Gasteiger partial charge is 0.225 e. The standard InChI is InChI=1S/C18H22N4O2/c1-4-15(11-19-6-1)12-23-16-10-18(24-13-16)5-2-9-22(14-18)17-20-7-3-8-21-17/h1,3-4,6-8,11,16H,2,5,9-10,12-14H2/t16-,18+/m1/s1. The number of nitrogens with zero attached hydrogens (tertiary/aromatic N) is 4. The summed E-state index contributed by atoms with van der Waals surface area (Å²) in [5.74, 6) is 0.792. The van der Waals surface area contributed by atoms with Crippen LogP contribution >= 0.6 is 0 Å². The number of rotatable bonds is 4. The minimum absolute atomic E-state index is 0.128. The van der Waals surface area contributed by atoms with Gasteiger partial charge in [-0.1, -0.05) is 6.07 Å². The van der Waals surface area contributed by atoms with Gasteiger partial charge in [-0.2, -0.15) is 0 Å². The average Bonchev–Trinajstić information content (AvgIpc) is 3.04. The third-order valence-electron chi connectivity index (χ3n) is 4.76. The predicted molar refractivity (Wildman–Crippen MR) is 89.6 cm³/mol. The monoisotopic (exact) mass is 326 g/mol. The minimum atomic E-state index is -0.128. The number of anilines is 1. The molecule has 2 fully saturated rings.